The van der Waals surface area contributed by atoms with Crippen LogP contribution in [-0.2, 0) is 14.8 Å². The smallest absolute Gasteiger partial charge is 0.247 e. The highest BCUT2D eigenvalue weighted by Crippen LogP contribution is 2.39. The second-order valence-electron chi connectivity index (χ2n) is 10.7. The van der Waals surface area contributed by atoms with Crippen molar-refractivity contribution in [2.75, 3.05) is 46.5 Å². The molecule has 2 aliphatic heterocycles. The van der Waals surface area contributed by atoms with Gasteiger partial charge >= 0.3 is 0 Å². The molecule has 0 spiro atoms. The summed E-state index contributed by atoms with van der Waals surface area (Å²) in [5.74, 6) is 1.54. The molecule has 8 heteroatoms. The third-order valence-corrected chi connectivity index (χ3v) is 9.94. The minimum atomic E-state index is -3.78. The molecule has 7 nitrogen and oxygen atoms in total. The molecule has 34 heavy (non-hydrogen) atoms. The van der Waals surface area contributed by atoms with Crippen molar-refractivity contribution >= 4 is 10.0 Å². The van der Waals surface area contributed by atoms with Crippen molar-refractivity contribution in [3.63, 3.8) is 0 Å². The Balaban J connectivity index is 1.63. The van der Waals surface area contributed by atoms with E-state index in [1.54, 1.807) is 13.0 Å². The van der Waals surface area contributed by atoms with Crippen molar-refractivity contribution in [3.8, 4) is 5.75 Å². The van der Waals surface area contributed by atoms with E-state index in [9.17, 15) is 13.5 Å². The Hall–Kier alpha value is -1.19. The Morgan fingerprint density at radius 2 is 1.85 bits per heavy atom. The van der Waals surface area contributed by atoms with Crippen LogP contribution in [0.1, 0.15) is 63.9 Å². The van der Waals surface area contributed by atoms with Gasteiger partial charge in [-0.1, -0.05) is 25.8 Å². The zero-order valence-corrected chi connectivity index (χ0v) is 21.8. The van der Waals surface area contributed by atoms with Crippen LogP contribution in [0.4, 0.5) is 0 Å². The molecule has 2 heterocycles. The number of sulfonamides is 1. The van der Waals surface area contributed by atoms with E-state index in [4.69, 9.17) is 9.47 Å². The fourth-order valence-corrected chi connectivity index (χ4v) is 7.55. The SMILES string of the molecule is C[C@H](CO)N1C[C@H](C)[C@@H](CN(C)CC2CCOCC2)Oc2cc(C3CCCC3)ccc2S1(=O)=O. The second kappa shape index (κ2) is 11.2. The van der Waals surface area contributed by atoms with Crippen LogP contribution in [0.5, 0.6) is 5.75 Å². The van der Waals surface area contributed by atoms with Crippen LogP contribution < -0.4 is 4.74 Å². The third-order valence-electron chi connectivity index (χ3n) is 7.92. The highest BCUT2D eigenvalue weighted by Gasteiger charge is 2.38. The van der Waals surface area contributed by atoms with Gasteiger partial charge < -0.3 is 19.5 Å². The van der Waals surface area contributed by atoms with Gasteiger partial charge in [-0.15, -0.1) is 0 Å². The van der Waals surface area contributed by atoms with Gasteiger partial charge in [-0.05, 0) is 69.2 Å². The second-order valence-corrected chi connectivity index (χ2v) is 12.6. The Bertz CT molecular complexity index is 912. The monoisotopic (exact) mass is 494 g/mol. The van der Waals surface area contributed by atoms with Crippen LogP contribution in [0.2, 0.25) is 0 Å². The molecule has 1 saturated heterocycles. The zero-order chi connectivity index (χ0) is 24.3. The number of hydrogen-bond donors (Lipinski definition) is 1. The number of aliphatic hydroxyl groups is 1. The number of hydrogen-bond acceptors (Lipinski definition) is 6. The molecule has 0 radical (unpaired) electrons. The summed E-state index contributed by atoms with van der Waals surface area (Å²) in [7, 11) is -1.65. The summed E-state index contributed by atoms with van der Waals surface area (Å²) in [6, 6.07) is 5.19. The summed E-state index contributed by atoms with van der Waals surface area (Å²) >= 11 is 0. The minimum Gasteiger partial charge on any atom is -0.487 e. The van der Waals surface area contributed by atoms with Crippen LogP contribution in [-0.4, -0.2) is 81.4 Å². The van der Waals surface area contributed by atoms with Gasteiger partial charge in [0.05, 0.1) is 6.61 Å². The highest BCUT2D eigenvalue weighted by molar-refractivity contribution is 7.89. The molecule has 1 N–H and O–H groups in total. The quantitative estimate of drug-likeness (QED) is 0.625. The molecule has 1 aromatic carbocycles. The highest BCUT2D eigenvalue weighted by atomic mass is 32.2. The van der Waals surface area contributed by atoms with Crippen molar-refractivity contribution in [2.45, 2.75) is 75.3 Å². The largest absolute Gasteiger partial charge is 0.487 e. The van der Waals surface area contributed by atoms with E-state index >= 15 is 0 Å². The van der Waals surface area contributed by atoms with Crippen molar-refractivity contribution in [1.29, 1.82) is 0 Å². The van der Waals surface area contributed by atoms with Gasteiger partial charge in [-0.2, -0.15) is 4.31 Å². The Morgan fingerprint density at radius 3 is 2.53 bits per heavy atom. The summed E-state index contributed by atoms with van der Waals surface area (Å²) in [6.07, 6.45) is 6.75. The molecule has 3 aliphatic rings. The van der Waals surface area contributed by atoms with Gasteiger partial charge in [0.2, 0.25) is 10.0 Å². The number of fused-ring (bicyclic) bond motifs is 1. The molecule has 1 aromatic rings. The number of likely N-dealkylation sites (N-methyl/N-ethyl adjacent to an activating group) is 1. The summed E-state index contributed by atoms with van der Waals surface area (Å²) in [5.41, 5.74) is 1.18. The van der Waals surface area contributed by atoms with Gasteiger partial charge in [0.1, 0.15) is 16.7 Å². The number of aliphatic hydroxyl groups excluding tert-OH is 1. The van der Waals surface area contributed by atoms with E-state index < -0.39 is 16.1 Å². The van der Waals surface area contributed by atoms with E-state index in [1.807, 2.05) is 12.1 Å². The number of rotatable bonds is 7. The first kappa shape index (κ1) is 25.9. The summed E-state index contributed by atoms with van der Waals surface area (Å²) in [6.45, 7) is 7.32. The Kier molecular flexibility index (Phi) is 8.57. The van der Waals surface area contributed by atoms with E-state index in [1.165, 1.54) is 22.7 Å². The zero-order valence-electron chi connectivity index (χ0n) is 21.0. The maximum absolute atomic E-state index is 13.7. The lowest BCUT2D eigenvalue weighted by Crippen LogP contribution is -2.50. The first-order valence-electron chi connectivity index (χ1n) is 13.0. The lowest BCUT2D eigenvalue weighted by atomic mass is 9.97. The fourth-order valence-electron chi connectivity index (χ4n) is 5.72. The minimum absolute atomic E-state index is 0.0239. The molecule has 0 unspecified atom stereocenters. The molecule has 0 amide bonds. The first-order chi connectivity index (χ1) is 16.3. The number of ether oxygens (including phenoxy) is 2. The molecule has 3 atom stereocenters. The summed E-state index contributed by atoms with van der Waals surface area (Å²) in [4.78, 5) is 2.55. The molecular weight excluding hydrogens is 452 g/mol. The maximum Gasteiger partial charge on any atom is 0.247 e. The summed E-state index contributed by atoms with van der Waals surface area (Å²) < 4.78 is 40.9. The summed E-state index contributed by atoms with van der Waals surface area (Å²) in [5, 5.41) is 9.84. The number of nitrogens with zero attached hydrogens (tertiary/aromatic N) is 2. The lowest BCUT2D eigenvalue weighted by Gasteiger charge is -2.38. The molecule has 0 aromatic heterocycles. The average Bonchev–Trinajstić information content (AvgIpc) is 3.36. The van der Waals surface area contributed by atoms with Crippen LogP contribution >= 0.6 is 0 Å². The first-order valence-corrected chi connectivity index (χ1v) is 14.4. The van der Waals surface area contributed by atoms with Crippen LogP contribution in [0.25, 0.3) is 0 Å². The molecule has 4 rings (SSSR count). The lowest BCUT2D eigenvalue weighted by molar-refractivity contribution is 0.0402. The predicted molar refractivity (Wildman–Crippen MR) is 133 cm³/mol. The van der Waals surface area contributed by atoms with E-state index in [-0.39, 0.29) is 23.5 Å². The van der Waals surface area contributed by atoms with Crippen molar-refractivity contribution in [1.82, 2.24) is 9.21 Å². The van der Waals surface area contributed by atoms with E-state index in [2.05, 4.69) is 18.9 Å². The van der Waals surface area contributed by atoms with Gasteiger partial charge in [0.25, 0.3) is 0 Å². The van der Waals surface area contributed by atoms with Crippen LogP contribution in [0, 0.1) is 11.8 Å². The number of benzene rings is 1. The molecule has 192 valence electrons. The fraction of sp³-hybridized carbons (Fsp3) is 0.769. The molecule has 2 fully saturated rings. The van der Waals surface area contributed by atoms with E-state index in [0.717, 1.165) is 52.0 Å². The average molecular weight is 495 g/mol. The van der Waals surface area contributed by atoms with Gasteiger partial charge in [-0.3, -0.25) is 0 Å². The standard InChI is InChI=1S/C26H42N2O5S/c1-19-15-28(20(2)18-29)34(30,31)26-9-8-23(22-6-4-5-7-22)14-24(26)33-25(19)17-27(3)16-21-10-12-32-13-11-21/h8-9,14,19-22,25,29H,4-7,10-13,15-18H2,1-3H3/t19-,20+,25+/m0/s1. The molecule has 1 saturated carbocycles. The van der Waals surface area contributed by atoms with E-state index in [0.29, 0.717) is 24.1 Å². The third kappa shape index (κ3) is 5.78. The molecule has 0 bridgehead atoms. The van der Waals surface area contributed by atoms with Gasteiger partial charge in [0, 0.05) is 44.8 Å². The van der Waals surface area contributed by atoms with Gasteiger partial charge in [0.15, 0.2) is 0 Å². The molecular formula is C26H42N2O5S. The van der Waals surface area contributed by atoms with Crippen molar-refractivity contribution in [2.24, 2.45) is 11.8 Å². The Morgan fingerprint density at radius 1 is 1.15 bits per heavy atom. The van der Waals surface area contributed by atoms with Gasteiger partial charge in [-0.25, -0.2) is 8.42 Å². The normalized spacial score (nSPS) is 27.7. The van der Waals surface area contributed by atoms with Crippen molar-refractivity contribution < 1.29 is 23.0 Å². The maximum atomic E-state index is 13.7. The Labute approximate surface area is 205 Å². The van der Waals surface area contributed by atoms with Crippen LogP contribution in [0.15, 0.2) is 23.1 Å². The van der Waals surface area contributed by atoms with Crippen LogP contribution in [0.3, 0.4) is 0 Å². The predicted octanol–water partition coefficient (Wildman–Crippen LogP) is 3.47. The topological polar surface area (TPSA) is 79.3 Å². The van der Waals surface area contributed by atoms with Crippen molar-refractivity contribution in [3.05, 3.63) is 23.8 Å². The molecule has 1 aliphatic carbocycles.